The molecule has 0 aromatic carbocycles. The van der Waals surface area contributed by atoms with Crippen LogP contribution in [0, 0.1) is 19.8 Å². The van der Waals surface area contributed by atoms with Crippen molar-refractivity contribution >= 4 is 16.0 Å². The first kappa shape index (κ1) is 15.1. The summed E-state index contributed by atoms with van der Waals surface area (Å²) in [6.45, 7) is 3.31. The molecule has 7 heteroatoms. The van der Waals surface area contributed by atoms with E-state index in [1.54, 1.807) is 13.8 Å². The third kappa shape index (κ3) is 3.21. The Balaban J connectivity index is 2.03. The van der Waals surface area contributed by atoms with Gasteiger partial charge in [0.05, 0.1) is 5.92 Å². The molecule has 0 saturated heterocycles. The van der Waals surface area contributed by atoms with Crippen molar-refractivity contribution < 1.29 is 22.7 Å². The molecule has 0 amide bonds. The number of aryl methyl sites for hydroxylation is 2. The zero-order valence-electron chi connectivity index (χ0n) is 11.5. The van der Waals surface area contributed by atoms with Crippen LogP contribution in [0.4, 0.5) is 0 Å². The van der Waals surface area contributed by atoms with Gasteiger partial charge < -0.3 is 9.52 Å². The van der Waals surface area contributed by atoms with E-state index in [4.69, 9.17) is 9.52 Å². The van der Waals surface area contributed by atoms with Crippen molar-refractivity contribution in [1.29, 1.82) is 0 Å². The standard InChI is InChI=1S/C13H19NO5S/c1-8-7-12(9(2)19-8)20(17,18)14-11-5-3-10(4-6-11)13(15)16/h7,10-11,14H,3-6H2,1-2H3,(H,15,16). The monoisotopic (exact) mass is 301 g/mol. The van der Waals surface area contributed by atoms with Gasteiger partial charge in [0.2, 0.25) is 10.0 Å². The lowest BCUT2D eigenvalue weighted by molar-refractivity contribution is -0.142. The van der Waals surface area contributed by atoms with Crippen molar-refractivity contribution in [2.45, 2.75) is 50.5 Å². The molecule has 0 spiro atoms. The second-order valence-electron chi connectivity index (χ2n) is 5.29. The minimum Gasteiger partial charge on any atom is -0.481 e. The van der Waals surface area contributed by atoms with Crippen molar-refractivity contribution in [3.8, 4) is 0 Å². The van der Waals surface area contributed by atoms with E-state index in [2.05, 4.69) is 4.72 Å². The van der Waals surface area contributed by atoms with Crippen molar-refractivity contribution in [2.24, 2.45) is 5.92 Å². The maximum absolute atomic E-state index is 12.3. The minimum absolute atomic E-state index is 0.162. The fourth-order valence-electron chi connectivity index (χ4n) is 2.62. The third-order valence-corrected chi connectivity index (χ3v) is 5.31. The molecule has 1 aromatic heterocycles. The minimum atomic E-state index is -3.60. The van der Waals surface area contributed by atoms with E-state index in [0.29, 0.717) is 37.2 Å². The Labute approximate surface area is 118 Å². The lowest BCUT2D eigenvalue weighted by Gasteiger charge is -2.26. The van der Waals surface area contributed by atoms with Gasteiger partial charge in [0.15, 0.2) is 0 Å². The third-order valence-electron chi connectivity index (χ3n) is 3.68. The van der Waals surface area contributed by atoms with E-state index in [9.17, 15) is 13.2 Å². The highest BCUT2D eigenvalue weighted by Gasteiger charge is 2.30. The van der Waals surface area contributed by atoms with Crippen LogP contribution in [0.2, 0.25) is 0 Å². The Morgan fingerprint density at radius 2 is 1.90 bits per heavy atom. The van der Waals surface area contributed by atoms with Crippen molar-refractivity contribution in [3.05, 3.63) is 17.6 Å². The summed E-state index contributed by atoms with van der Waals surface area (Å²) >= 11 is 0. The Morgan fingerprint density at radius 1 is 1.30 bits per heavy atom. The normalized spacial score (nSPS) is 23.7. The van der Waals surface area contributed by atoms with Gasteiger partial charge in [-0.3, -0.25) is 4.79 Å². The first-order chi connectivity index (χ1) is 9.29. The van der Waals surface area contributed by atoms with Crippen LogP contribution in [0.15, 0.2) is 15.4 Å². The van der Waals surface area contributed by atoms with Crippen molar-refractivity contribution in [1.82, 2.24) is 4.72 Å². The van der Waals surface area contributed by atoms with Crippen LogP contribution in [-0.4, -0.2) is 25.5 Å². The quantitative estimate of drug-likeness (QED) is 0.884. The maximum atomic E-state index is 12.3. The number of hydrogen-bond acceptors (Lipinski definition) is 4. The van der Waals surface area contributed by atoms with E-state index in [-0.39, 0.29) is 16.9 Å². The van der Waals surface area contributed by atoms with E-state index < -0.39 is 16.0 Å². The molecule has 1 saturated carbocycles. The molecule has 0 bridgehead atoms. The highest BCUT2D eigenvalue weighted by molar-refractivity contribution is 7.89. The molecular formula is C13H19NO5S. The van der Waals surface area contributed by atoms with Gasteiger partial charge in [-0.2, -0.15) is 0 Å². The van der Waals surface area contributed by atoms with Gasteiger partial charge in [-0.25, -0.2) is 13.1 Å². The largest absolute Gasteiger partial charge is 0.481 e. The predicted octanol–water partition coefficient (Wildman–Crippen LogP) is 1.82. The first-order valence-corrected chi connectivity index (χ1v) is 8.10. The lowest BCUT2D eigenvalue weighted by atomic mass is 9.87. The molecule has 2 rings (SSSR count). The van der Waals surface area contributed by atoms with Gasteiger partial charge in [0.1, 0.15) is 16.4 Å². The highest BCUT2D eigenvalue weighted by Crippen LogP contribution is 2.26. The van der Waals surface area contributed by atoms with Crippen molar-refractivity contribution in [3.63, 3.8) is 0 Å². The van der Waals surface area contributed by atoms with E-state index in [0.717, 1.165) is 0 Å². The summed E-state index contributed by atoms with van der Waals surface area (Å²) in [6, 6.07) is 1.30. The molecule has 20 heavy (non-hydrogen) atoms. The molecule has 1 heterocycles. The topological polar surface area (TPSA) is 96.6 Å². The summed E-state index contributed by atoms with van der Waals surface area (Å²) in [7, 11) is -3.60. The molecule has 112 valence electrons. The van der Waals surface area contributed by atoms with Crippen LogP contribution in [0.1, 0.15) is 37.2 Å². The fourth-order valence-corrected chi connectivity index (χ4v) is 4.16. The number of sulfonamides is 1. The van der Waals surface area contributed by atoms with Gasteiger partial charge in [-0.15, -0.1) is 0 Å². The Bertz CT molecular complexity index is 596. The summed E-state index contributed by atoms with van der Waals surface area (Å²) in [5.41, 5.74) is 0. The first-order valence-electron chi connectivity index (χ1n) is 6.62. The van der Waals surface area contributed by atoms with E-state index in [1.807, 2.05) is 0 Å². The summed E-state index contributed by atoms with van der Waals surface area (Å²) in [6.07, 6.45) is 2.11. The fraction of sp³-hybridized carbons (Fsp3) is 0.615. The molecular weight excluding hydrogens is 282 g/mol. The summed E-state index contributed by atoms with van der Waals surface area (Å²) in [5, 5.41) is 8.92. The van der Waals surface area contributed by atoms with Gasteiger partial charge in [-0.05, 0) is 45.6 Å². The molecule has 6 nitrogen and oxygen atoms in total. The Morgan fingerprint density at radius 3 is 2.35 bits per heavy atom. The van der Waals surface area contributed by atoms with Gasteiger partial charge in [0, 0.05) is 6.04 Å². The van der Waals surface area contributed by atoms with Crippen LogP contribution < -0.4 is 4.72 Å². The predicted molar refractivity (Wildman–Crippen MR) is 71.9 cm³/mol. The Kier molecular flexibility index (Phi) is 4.19. The second kappa shape index (κ2) is 5.57. The number of carboxylic acids is 1. The summed E-state index contributed by atoms with van der Waals surface area (Å²) in [5.74, 6) is -0.229. The number of nitrogens with one attached hydrogen (secondary N) is 1. The number of carboxylic acid groups (broad SMARTS) is 1. The molecule has 1 aliphatic rings. The van der Waals surface area contributed by atoms with E-state index in [1.165, 1.54) is 6.07 Å². The van der Waals surface area contributed by atoms with Gasteiger partial charge in [0.25, 0.3) is 0 Å². The second-order valence-corrected chi connectivity index (χ2v) is 6.97. The molecule has 0 atom stereocenters. The lowest BCUT2D eigenvalue weighted by Crippen LogP contribution is -2.38. The zero-order chi connectivity index (χ0) is 14.9. The zero-order valence-corrected chi connectivity index (χ0v) is 12.4. The smallest absolute Gasteiger partial charge is 0.306 e. The van der Waals surface area contributed by atoms with Gasteiger partial charge in [-0.1, -0.05) is 0 Å². The molecule has 1 fully saturated rings. The molecule has 0 radical (unpaired) electrons. The van der Waals surface area contributed by atoms with Crippen molar-refractivity contribution in [2.75, 3.05) is 0 Å². The van der Waals surface area contributed by atoms with Crippen LogP contribution in [0.5, 0.6) is 0 Å². The molecule has 1 aliphatic carbocycles. The maximum Gasteiger partial charge on any atom is 0.306 e. The SMILES string of the molecule is Cc1cc(S(=O)(=O)NC2CCC(C(=O)O)CC2)c(C)o1. The average Bonchev–Trinajstić information content (AvgIpc) is 2.69. The summed E-state index contributed by atoms with van der Waals surface area (Å²) in [4.78, 5) is 11.0. The van der Waals surface area contributed by atoms with Crippen LogP contribution in [-0.2, 0) is 14.8 Å². The summed E-state index contributed by atoms with van der Waals surface area (Å²) < 4.78 is 32.4. The van der Waals surface area contributed by atoms with Crippen LogP contribution >= 0.6 is 0 Å². The molecule has 0 unspecified atom stereocenters. The number of hydrogen-bond donors (Lipinski definition) is 2. The van der Waals surface area contributed by atoms with E-state index >= 15 is 0 Å². The van der Waals surface area contributed by atoms with Crippen LogP contribution in [0.25, 0.3) is 0 Å². The number of rotatable bonds is 4. The number of aliphatic carboxylic acids is 1. The molecule has 0 aliphatic heterocycles. The van der Waals surface area contributed by atoms with Gasteiger partial charge >= 0.3 is 5.97 Å². The number of furan rings is 1. The number of carbonyl (C=O) groups is 1. The Hall–Kier alpha value is -1.34. The molecule has 2 N–H and O–H groups in total. The highest BCUT2D eigenvalue weighted by atomic mass is 32.2. The average molecular weight is 301 g/mol. The van der Waals surface area contributed by atoms with Crippen LogP contribution in [0.3, 0.4) is 0 Å². The molecule has 1 aromatic rings.